The van der Waals surface area contributed by atoms with Crippen LogP contribution in [0.25, 0.3) is 0 Å². The molecule has 13 heavy (non-hydrogen) atoms. The molecule has 0 aromatic carbocycles. The molecule has 0 bridgehead atoms. The van der Waals surface area contributed by atoms with Crippen LogP contribution in [0.15, 0.2) is 12.4 Å². The van der Waals surface area contributed by atoms with Crippen LogP contribution < -0.4 is 0 Å². The molecule has 2 nitrogen and oxygen atoms in total. The van der Waals surface area contributed by atoms with Gasteiger partial charge in [-0.15, -0.1) is 0 Å². The fourth-order valence-corrected chi connectivity index (χ4v) is 0.565. The zero-order valence-corrected chi connectivity index (χ0v) is 5.94. The molecule has 0 N–H and O–H groups in total. The minimum absolute atomic E-state index is 0.351. The molecule has 0 spiro atoms. The lowest BCUT2D eigenvalue weighted by molar-refractivity contribution is -0.291. The second-order valence-electron chi connectivity index (χ2n) is 2.11. The van der Waals surface area contributed by atoms with Crippen LogP contribution in [0.2, 0.25) is 0 Å². The smallest absolute Gasteiger partial charge is 0.260 e. The first-order chi connectivity index (χ1) is 5.86. The van der Waals surface area contributed by atoms with Crippen LogP contribution in [0, 0.1) is 6.20 Å². The molecular weight excluding hydrogens is 195 g/mol. The summed E-state index contributed by atoms with van der Waals surface area (Å²) in [6.07, 6.45) is -2.62. The van der Waals surface area contributed by atoms with Crippen LogP contribution in [0.4, 0.5) is 22.0 Å². The van der Waals surface area contributed by atoms with Gasteiger partial charge in [0.1, 0.15) is 11.9 Å². The molecule has 0 aliphatic rings. The third-order valence-corrected chi connectivity index (χ3v) is 1.19. The molecule has 1 radical (unpaired) electrons. The molecule has 0 saturated carbocycles. The van der Waals surface area contributed by atoms with Gasteiger partial charge in [0.15, 0.2) is 0 Å². The van der Waals surface area contributed by atoms with Crippen molar-refractivity contribution in [3.63, 3.8) is 0 Å². The van der Waals surface area contributed by atoms with Gasteiger partial charge in [0.25, 0.3) is 0 Å². The molecule has 0 fully saturated rings. The predicted molar refractivity (Wildman–Crippen MR) is 30.8 cm³/mol. The summed E-state index contributed by atoms with van der Waals surface area (Å²) in [5.41, 5.74) is -1.46. The van der Waals surface area contributed by atoms with Crippen molar-refractivity contribution in [3.8, 4) is 0 Å². The van der Waals surface area contributed by atoms with E-state index in [4.69, 9.17) is 0 Å². The van der Waals surface area contributed by atoms with Crippen molar-refractivity contribution in [3.05, 3.63) is 24.3 Å². The fourth-order valence-electron chi connectivity index (χ4n) is 0.565. The lowest BCUT2D eigenvalue weighted by Crippen LogP contribution is -2.34. The normalized spacial score (nSPS) is 13.0. The van der Waals surface area contributed by atoms with Gasteiger partial charge >= 0.3 is 12.1 Å². The number of alkyl halides is 5. The van der Waals surface area contributed by atoms with E-state index in [0.29, 0.717) is 6.20 Å². The second-order valence-corrected chi connectivity index (χ2v) is 2.11. The SMILES string of the molecule is FC(F)(F)C(F)(F)c1cnc[c]n1. The Morgan fingerprint density at radius 2 is 1.77 bits per heavy atom. The average molecular weight is 197 g/mol. The van der Waals surface area contributed by atoms with Crippen molar-refractivity contribution in [1.29, 1.82) is 0 Å². The van der Waals surface area contributed by atoms with Crippen LogP contribution in [-0.2, 0) is 5.92 Å². The summed E-state index contributed by atoms with van der Waals surface area (Å²) in [5, 5.41) is 0. The fraction of sp³-hybridized carbons (Fsp3) is 0.333. The van der Waals surface area contributed by atoms with Crippen LogP contribution >= 0.6 is 0 Å². The van der Waals surface area contributed by atoms with Crippen molar-refractivity contribution in [1.82, 2.24) is 9.97 Å². The lowest BCUT2D eigenvalue weighted by atomic mass is 10.2. The van der Waals surface area contributed by atoms with E-state index in [1.54, 1.807) is 6.20 Å². The van der Waals surface area contributed by atoms with Gasteiger partial charge < -0.3 is 0 Å². The van der Waals surface area contributed by atoms with Crippen LogP contribution in [0.3, 0.4) is 0 Å². The molecule has 0 aliphatic carbocycles. The number of aromatic nitrogens is 2. The van der Waals surface area contributed by atoms with Crippen LogP contribution in [0.1, 0.15) is 5.69 Å². The predicted octanol–water partition coefficient (Wildman–Crippen LogP) is 1.93. The van der Waals surface area contributed by atoms with E-state index in [1.165, 1.54) is 0 Å². The Morgan fingerprint density at radius 1 is 1.15 bits per heavy atom. The highest BCUT2D eigenvalue weighted by Crippen LogP contribution is 2.42. The second kappa shape index (κ2) is 2.90. The van der Waals surface area contributed by atoms with E-state index in [9.17, 15) is 22.0 Å². The molecule has 1 rings (SSSR count). The highest BCUT2D eigenvalue weighted by Gasteiger charge is 2.60. The topological polar surface area (TPSA) is 25.8 Å². The standard InChI is InChI=1S/C6H2F5N2/c7-5(8,6(9,10)11)4-3-12-1-2-13-4/h1,3H. The number of hydrogen-bond acceptors (Lipinski definition) is 2. The van der Waals surface area contributed by atoms with Crippen LogP contribution in [0.5, 0.6) is 0 Å². The maximum absolute atomic E-state index is 12.4. The Bertz CT molecular complexity index is 281. The largest absolute Gasteiger partial charge is 0.459 e. The van der Waals surface area contributed by atoms with E-state index in [0.717, 1.165) is 6.20 Å². The maximum atomic E-state index is 12.4. The van der Waals surface area contributed by atoms with Crippen LogP contribution in [-0.4, -0.2) is 16.1 Å². The third kappa shape index (κ3) is 1.73. The van der Waals surface area contributed by atoms with Crippen molar-refractivity contribution in [2.45, 2.75) is 12.1 Å². The molecule has 7 heteroatoms. The zero-order chi connectivity index (χ0) is 10.1. The highest BCUT2D eigenvalue weighted by molar-refractivity contribution is 5.06. The van der Waals surface area contributed by atoms with E-state index in [-0.39, 0.29) is 0 Å². The van der Waals surface area contributed by atoms with Gasteiger partial charge in [0.05, 0.1) is 12.4 Å². The lowest BCUT2D eigenvalue weighted by Gasteiger charge is -2.17. The molecular formula is C6H2F5N2. The number of halogens is 5. The minimum Gasteiger partial charge on any atom is -0.260 e. The Kier molecular flexibility index (Phi) is 2.19. The van der Waals surface area contributed by atoms with Gasteiger partial charge in [-0.05, 0) is 0 Å². The third-order valence-electron chi connectivity index (χ3n) is 1.19. The van der Waals surface area contributed by atoms with Crippen molar-refractivity contribution in [2.24, 2.45) is 0 Å². The Labute approximate surface area is 69.4 Å². The summed E-state index contributed by atoms with van der Waals surface area (Å²) in [6.45, 7) is 0. The monoisotopic (exact) mass is 197 g/mol. The van der Waals surface area contributed by atoms with Gasteiger partial charge in [0.2, 0.25) is 0 Å². The summed E-state index contributed by atoms with van der Waals surface area (Å²) >= 11 is 0. The van der Waals surface area contributed by atoms with E-state index in [2.05, 4.69) is 9.97 Å². The summed E-state index contributed by atoms with van der Waals surface area (Å²) < 4.78 is 59.9. The summed E-state index contributed by atoms with van der Waals surface area (Å²) in [6, 6.07) is 0. The molecule has 71 valence electrons. The van der Waals surface area contributed by atoms with Gasteiger partial charge in [-0.2, -0.15) is 22.0 Å². The van der Waals surface area contributed by atoms with E-state index < -0.39 is 17.8 Å². The van der Waals surface area contributed by atoms with Gasteiger partial charge in [-0.25, -0.2) is 4.98 Å². The molecule has 1 aromatic heterocycles. The molecule has 0 atom stereocenters. The Balaban J connectivity index is 3.08. The number of rotatable bonds is 1. The first kappa shape index (κ1) is 9.82. The van der Waals surface area contributed by atoms with Gasteiger partial charge in [0, 0.05) is 0 Å². The van der Waals surface area contributed by atoms with E-state index in [1.807, 2.05) is 0 Å². The molecule has 0 aliphatic heterocycles. The maximum Gasteiger partial charge on any atom is 0.459 e. The average Bonchev–Trinajstić information content (AvgIpc) is 2.04. The quantitative estimate of drug-likeness (QED) is 0.643. The summed E-state index contributed by atoms with van der Waals surface area (Å²) in [4.78, 5) is 5.83. The first-order valence-electron chi connectivity index (χ1n) is 2.99. The summed E-state index contributed by atoms with van der Waals surface area (Å²) in [5.74, 6) is -4.97. The minimum atomic E-state index is -5.66. The molecule has 0 amide bonds. The zero-order valence-electron chi connectivity index (χ0n) is 5.94. The first-order valence-corrected chi connectivity index (χ1v) is 2.99. The molecule has 1 heterocycles. The van der Waals surface area contributed by atoms with Gasteiger partial charge in [-0.3, -0.25) is 4.98 Å². The Morgan fingerprint density at radius 3 is 2.15 bits per heavy atom. The highest BCUT2D eigenvalue weighted by atomic mass is 19.4. The van der Waals surface area contributed by atoms with Crippen molar-refractivity contribution >= 4 is 0 Å². The van der Waals surface area contributed by atoms with Crippen molar-refractivity contribution < 1.29 is 22.0 Å². The number of nitrogens with zero attached hydrogens (tertiary/aromatic N) is 2. The Hall–Kier alpha value is -1.27. The number of hydrogen-bond donors (Lipinski definition) is 0. The van der Waals surface area contributed by atoms with Gasteiger partial charge in [-0.1, -0.05) is 0 Å². The molecule has 0 unspecified atom stereocenters. The van der Waals surface area contributed by atoms with E-state index >= 15 is 0 Å². The molecule has 0 saturated heterocycles. The molecule has 1 aromatic rings. The van der Waals surface area contributed by atoms with Crippen molar-refractivity contribution in [2.75, 3.05) is 0 Å². The summed E-state index contributed by atoms with van der Waals surface area (Å²) in [7, 11) is 0.